The summed E-state index contributed by atoms with van der Waals surface area (Å²) >= 11 is 0. The summed E-state index contributed by atoms with van der Waals surface area (Å²) in [5.41, 5.74) is 2.04. The summed E-state index contributed by atoms with van der Waals surface area (Å²) < 4.78 is 1.59. The third-order valence-electron chi connectivity index (χ3n) is 4.09. The van der Waals surface area contributed by atoms with Crippen molar-refractivity contribution in [2.75, 3.05) is 24.5 Å². The zero-order valence-corrected chi connectivity index (χ0v) is 13.6. The smallest absolute Gasteiger partial charge is 0.246 e. The fourth-order valence-electron chi connectivity index (χ4n) is 2.72. The van der Waals surface area contributed by atoms with Gasteiger partial charge in [-0.15, -0.1) is 5.10 Å². The van der Waals surface area contributed by atoms with Gasteiger partial charge < -0.3 is 9.80 Å². The Morgan fingerprint density at radius 2 is 2.00 bits per heavy atom. The maximum atomic E-state index is 12.4. The second-order valence-corrected chi connectivity index (χ2v) is 5.87. The number of aryl methyl sites for hydroxylation is 2. The van der Waals surface area contributed by atoms with Gasteiger partial charge in [0, 0.05) is 31.7 Å². The van der Waals surface area contributed by atoms with Crippen molar-refractivity contribution in [3.05, 3.63) is 36.2 Å². The van der Waals surface area contributed by atoms with Crippen LogP contribution >= 0.6 is 0 Å². The maximum absolute atomic E-state index is 12.4. The number of piperazine rings is 1. The van der Waals surface area contributed by atoms with E-state index >= 15 is 0 Å². The molecular weight excluding hydrogens is 308 g/mol. The molecule has 0 radical (unpaired) electrons. The molecule has 2 heterocycles. The van der Waals surface area contributed by atoms with E-state index in [1.807, 2.05) is 31.2 Å². The van der Waals surface area contributed by atoms with Crippen LogP contribution in [0.3, 0.4) is 0 Å². The highest BCUT2D eigenvalue weighted by atomic mass is 16.2. The molecule has 1 aliphatic heterocycles. The molecule has 3 rings (SSSR count). The number of carbonyl (C=O) groups is 2. The van der Waals surface area contributed by atoms with E-state index in [0.717, 1.165) is 11.3 Å². The lowest BCUT2D eigenvalue weighted by molar-refractivity contribution is -0.137. The van der Waals surface area contributed by atoms with Gasteiger partial charge in [-0.2, -0.15) is 0 Å². The number of hydrogen-bond donors (Lipinski definition) is 0. The van der Waals surface area contributed by atoms with Crippen LogP contribution in [0.4, 0.5) is 5.69 Å². The minimum absolute atomic E-state index is 0.0000180. The van der Waals surface area contributed by atoms with Crippen molar-refractivity contribution in [2.24, 2.45) is 0 Å². The number of carbonyl (C=O) groups excluding carboxylic acids is 2. The summed E-state index contributed by atoms with van der Waals surface area (Å²) in [7, 11) is 0. The molecule has 0 saturated carbocycles. The van der Waals surface area contributed by atoms with Gasteiger partial charge in [0.25, 0.3) is 0 Å². The molecule has 0 spiro atoms. The predicted molar refractivity (Wildman–Crippen MR) is 87.2 cm³/mol. The van der Waals surface area contributed by atoms with Crippen molar-refractivity contribution in [2.45, 2.75) is 26.3 Å². The van der Waals surface area contributed by atoms with Gasteiger partial charge in [0.15, 0.2) is 0 Å². The van der Waals surface area contributed by atoms with Crippen LogP contribution in [0.2, 0.25) is 0 Å². The Kier molecular flexibility index (Phi) is 4.83. The van der Waals surface area contributed by atoms with Gasteiger partial charge in [-0.05, 0) is 35.9 Å². The lowest BCUT2D eigenvalue weighted by atomic mass is 10.2. The van der Waals surface area contributed by atoms with Crippen LogP contribution < -0.4 is 4.90 Å². The van der Waals surface area contributed by atoms with E-state index in [2.05, 4.69) is 15.5 Å². The van der Waals surface area contributed by atoms with Crippen molar-refractivity contribution < 1.29 is 9.59 Å². The number of hydrogen-bond acceptors (Lipinski definition) is 5. The van der Waals surface area contributed by atoms with Gasteiger partial charge in [-0.3, -0.25) is 9.59 Å². The number of nitrogens with zero attached hydrogens (tertiary/aromatic N) is 6. The van der Waals surface area contributed by atoms with E-state index in [4.69, 9.17) is 0 Å². The molecule has 0 bridgehead atoms. The molecule has 0 unspecified atom stereocenters. The van der Waals surface area contributed by atoms with Crippen molar-refractivity contribution in [3.8, 4) is 0 Å². The Morgan fingerprint density at radius 3 is 2.67 bits per heavy atom. The Hall–Kier alpha value is -2.77. The van der Waals surface area contributed by atoms with E-state index in [1.54, 1.807) is 14.5 Å². The largest absolute Gasteiger partial charge is 0.332 e. The molecule has 24 heavy (non-hydrogen) atoms. The first-order valence-corrected chi connectivity index (χ1v) is 7.99. The molecule has 1 saturated heterocycles. The van der Waals surface area contributed by atoms with Gasteiger partial charge in [0.2, 0.25) is 11.8 Å². The molecule has 2 aromatic rings. The molecule has 8 nitrogen and oxygen atoms in total. The molecule has 0 N–H and O–H groups in total. The summed E-state index contributed by atoms with van der Waals surface area (Å²) in [6.45, 7) is 3.83. The molecule has 1 aliphatic rings. The molecular formula is C16H20N6O2. The predicted octanol–water partition coefficient (Wildman–Crippen LogP) is 0.637. The maximum Gasteiger partial charge on any atom is 0.246 e. The Balaban J connectivity index is 1.50. The summed E-state index contributed by atoms with van der Waals surface area (Å²) in [4.78, 5) is 28.0. The highest BCUT2D eigenvalue weighted by Gasteiger charge is 2.27. The van der Waals surface area contributed by atoms with Crippen molar-refractivity contribution in [1.29, 1.82) is 0 Å². The molecule has 126 valence electrons. The average Bonchev–Trinajstić information content (AvgIpc) is 3.09. The number of amides is 2. The van der Waals surface area contributed by atoms with Crippen LogP contribution in [-0.2, 0) is 16.1 Å². The molecule has 1 fully saturated rings. The van der Waals surface area contributed by atoms with E-state index in [1.165, 1.54) is 6.33 Å². The van der Waals surface area contributed by atoms with Crippen LogP contribution in [0.25, 0.3) is 0 Å². The third-order valence-corrected chi connectivity index (χ3v) is 4.09. The molecule has 0 atom stereocenters. The summed E-state index contributed by atoms with van der Waals surface area (Å²) in [5.74, 6) is -0.0427. The fraction of sp³-hybridized carbons (Fsp3) is 0.438. The normalized spacial score (nSPS) is 15.0. The Morgan fingerprint density at radius 1 is 1.21 bits per heavy atom. The van der Waals surface area contributed by atoms with Crippen LogP contribution in [0.5, 0.6) is 0 Å². The van der Waals surface area contributed by atoms with Crippen LogP contribution in [-0.4, -0.2) is 56.6 Å². The average molecular weight is 328 g/mol. The van der Waals surface area contributed by atoms with Gasteiger partial charge in [0.05, 0.1) is 0 Å². The minimum atomic E-state index is -0.0427. The second-order valence-electron chi connectivity index (χ2n) is 5.87. The number of rotatable bonds is 5. The van der Waals surface area contributed by atoms with Gasteiger partial charge in [0.1, 0.15) is 12.9 Å². The van der Waals surface area contributed by atoms with E-state index in [-0.39, 0.29) is 18.4 Å². The molecule has 1 aromatic carbocycles. The lowest BCUT2D eigenvalue weighted by Gasteiger charge is -2.34. The zero-order valence-electron chi connectivity index (χ0n) is 13.6. The molecule has 0 aliphatic carbocycles. The lowest BCUT2D eigenvalue weighted by Crippen LogP contribution is -2.52. The first kappa shape index (κ1) is 16.1. The Bertz CT molecular complexity index is 698. The second kappa shape index (κ2) is 7.20. The van der Waals surface area contributed by atoms with Gasteiger partial charge >= 0.3 is 0 Å². The Labute approximate surface area is 140 Å². The van der Waals surface area contributed by atoms with Crippen LogP contribution in [0.1, 0.15) is 18.4 Å². The van der Waals surface area contributed by atoms with Crippen molar-refractivity contribution in [3.63, 3.8) is 0 Å². The van der Waals surface area contributed by atoms with Crippen LogP contribution in [0.15, 0.2) is 30.6 Å². The highest BCUT2D eigenvalue weighted by molar-refractivity contribution is 5.97. The van der Waals surface area contributed by atoms with E-state index in [9.17, 15) is 9.59 Å². The fourth-order valence-corrected chi connectivity index (χ4v) is 2.72. The first-order valence-electron chi connectivity index (χ1n) is 7.99. The van der Waals surface area contributed by atoms with Gasteiger partial charge in [-0.1, -0.05) is 17.7 Å². The molecule has 1 aromatic heterocycles. The van der Waals surface area contributed by atoms with E-state index < -0.39 is 0 Å². The zero-order chi connectivity index (χ0) is 16.9. The van der Waals surface area contributed by atoms with Crippen LogP contribution in [0, 0.1) is 6.92 Å². The quantitative estimate of drug-likeness (QED) is 0.804. The summed E-state index contributed by atoms with van der Waals surface area (Å²) in [5, 5.41) is 10.9. The summed E-state index contributed by atoms with van der Waals surface area (Å²) in [6.07, 6.45) is 2.56. The van der Waals surface area contributed by atoms with E-state index in [0.29, 0.717) is 32.5 Å². The number of benzene rings is 1. The minimum Gasteiger partial charge on any atom is -0.332 e. The SMILES string of the molecule is Cc1ccc(N2CCN(C(=O)CCCn3cnnn3)CC2=O)cc1. The number of aromatic nitrogens is 4. The molecule has 2 amide bonds. The monoisotopic (exact) mass is 328 g/mol. The highest BCUT2D eigenvalue weighted by Crippen LogP contribution is 2.18. The topological polar surface area (TPSA) is 84.2 Å². The van der Waals surface area contributed by atoms with Crippen molar-refractivity contribution >= 4 is 17.5 Å². The van der Waals surface area contributed by atoms with Crippen molar-refractivity contribution in [1.82, 2.24) is 25.1 Å². The first-order chi connectivity index (χ1) is 11.6. The standard InChI is InChI=1S/C16H20N6O2/c1-13-4-6-14(7-5-13)22-10-9-20(11-16(22)24)15(23)3-2-8-21-12-17-18-19-21/h4-7,12H,2-3,8-11H2,1H3. The number of anilines is 1. The van der Waals surface area contributed by atoms with Gasteiger partial charge in [-0.25, -0.2) is 4.68 Å². The molecule has 8 heteroatoms. The number of tetrazole rings is 1. The summed E-state index contributed by atoms with van der Waals surface area (Å²) in [6, 6.07) is 7.85. The third kappa shape index (κ3) is 3.76.